The third kappa shape index (κ3) is 10.5. The first-order chi connectivity index (χ1) is 8.99. The number of aliphatic carboxylic acids is 1. The lowest BCUT2D eigenvalue weighted by Crippen LogP contribution is -2.29. The van der Waals surface area contributed by atoms with Gasteiger partial charge in [0.1, 0.15) is 0 Å². The fourth-order valence-corrected chi connectivity index (χ4v) is 2.16. The molecule has 1 amide bonds. The van der Waals surface area contributed by atoms with Crippen LogP contribution in [-0.2, 0) is 9.59 Å². The molecule has 5 heteroatoms. The third-order valence-electron chi connectivity index (χ3n) is 3.22. The number of carboxylic acid groups (broad SMARTS) is 1. The Labute approximate surface area is 115 Å². The van der Waals surface area contributed by atoms with Crippen molar-refractivity contribution in [3.05, 3.63) is 0 Å². The Morgan fingerprint density at radius 1 is 1.26 bits per heavy atom. The Hall–Kier alpha value is -1.10. The second kappa shape index (κ2) is 10.8. The fraction of sp³-hybridized carbons (Fsp3) is 0.857. The van der Waals surface area contributed by atoms with Gasteiger partial charge in [-0.3, -0.25) is 9.59 Å². The first kappa shape index (κ1) is 17.9. The minimum absolute atomic E-state index is 0.00960. The fourth-order valence-electron chi connectivity index (χ4n) is 2.16. The first-order valence-electron chi connectivity index (χ1n) is 7.18. The molecule has 0 aliphatic rings. The average Bonchev–Trinajstić information content (AvgIpc) is 2.33. The van der Waals surface area contributed by atoms with E-state index < -0.39 is 5.97 Å². The highest BCUT2D eigenvalue weighted by Gasteiger charge is 2.12. The molecular formula is C14H28N2O3. The number of hydrogen-bond donors (Lipinski definition) is 3. The van der Waals surface area contributed by atoms with Crippen LogP contribution in [-0.4, -0.2) is 30.1 Å². The van der Waals surface area contributed by atoms with Crippen LogP contribution in [0.4, 0.5) is 0 Å². The van der Waals surface area contributed by atoms with Crippen LogP contribution in [0.2, 0.25) is 0 Å². The van der Waals surface area contributed by atoms with Gasteiger partial charge in [0.15, 0.2) is 0 Å². The summed E-state index contributed by atoms with van der Waals surface area (Å²) in [6.45, 7) is 5.06. The van der Waals surface area contributed by atoms with E-state index in [1.807, 2.05) is 6.92 Å². The summed E-state index contributed by atoms with van der Waals surface area (Å²) >= 11 is 0. The zero-order valence-corrected chi connectivity index (χ0v) is 12.2. The lowest BCUT2D eigenvalue weighted by Gasteiger charge is -2.15. The normalized spacial score (nSPS) is 13.8. The van der Waals surface area contributed by atoms with Crippen molar-refractivity contribution in [2.75, 3.05) is 13.1 Å². The van der Waals surface area contributed by atoms with Crippen LogP contribution < -0.4 is 11.1 Å². The molecule has 0 bridgehead atoms. The average molecular weight is 272 g/mol. The van der Waals surface area contributed by atoms with Crippen LogP contribution in [0, 0.1) is 11.8 Å². The summed E-state index contributed by atoms with van der Waals surface area (Å²) < 4.78 is 0. The summed E-state index contributed by atoms with van der Waals surface area (Å²) in [5.74, 6) is -0.322. The minimum atomic E-state index is -0.826. The van der Waals surface area contributed by atoms with Crippen molar-refractivity contribution >= 4 is 11.9 Å². The molecule has 0 aliphatic carbocycles. The molecule has 19 heavy (non-hydrogen) atoms. The topological polar surface area (TPSA) is 92.4 Å². The van der Waals surface area contributed by atoms with Crippen molar-refractivity contribution in [3.8, 4) is 0 Å². The predicted molar refractivity (Wildman–Crippen MR) is 75.7 cm³/mol. The highest BCUT2D eigenvalue weighted by atomic mass is 16.4. The van der Waals surface area contributed by atoms with E-state index in [-0.39, 0.29) is 18.2 Å². The Morgan fingerprint density at radius 2 is 1.95 bits per heavy atom. The van der Waals surface area contributed by atoms with Gasteiger partial charge < -0.3 is 16.2 Å². The zero-order valence-electron chi connectivity index (χ0n) is 12.2. The summed E-state index contributed by atoms with van der Waals surface area (Å²) in [6, 6.07) is 0. The molecule has 0 rings (SSSR count). The van der Waals surface area contributed by atoms with E-state index in [2.05, 4.69) is 12.2 Å². The highest BCUT2D eigenvalue weighted by Crippen LogP contribution is 2.16. The Balaban J connectivity index is 3.81. The maximum atomic E-state index is 11.7. The number of carbonyl (C=O) groups excluding carboxylic acids is 1. The molecule has 0 fully saturated rings. The quantitative estimate of drug-likeness (QED) is 0.534. The second-order valence-electron chi connectivity index (χ2n) is 5.28. The van der Waals surface area contributed by atoms with Gasteiger partial charge >= 0.3 is 5.97 Å². The lowest BCUT2D eigenvalue weighted by molar-refractivity contribution is -0.138. The predicted octanol–water partition coefficient (Wildman–Crippen LogP) is 1.76. The number of nitrogens with one attached hydrogen (secondary N) is 1. The number of carboxylic acids is 1. The number of amides is 1. The number of rotatable bonds is 11. The number of nitrogens with two attached hydrogens (primary N) is 1. The van der Waals surface area contributed by atoms with Crippen molar-refractivity contribution in [3.63, 3.8) is 0 Å². The molecule has 5 nitrogen and oxygen atoms in total. The lowest BCUT2D eigenvalue weighted by atomic mass is 9.94. The van der Waals surface area contributed by atoms with E-state index in [1.165, 1.54) is 0 Å². The van der Waals surface area contributed by atoms with Crippen molar-refractivity contribution < 1.29 is 14.7 Å². The van der Waals surface area contributed by atoms with Crippen molar-refractivity contribution in [2.45, 2.75) is 52.4 Å². The molecule has 0 saturated heterocycles. The standard InChI is InChI=1S/C14H28N2O3/c1-3-4-12(7-8-15)5-6-13(17)16-10-11(2)9-14(18)19/h11-12H,3-10,15H2,1-2H3,(H,16,17)(H,18,19). The summed E-state index contributed by atoms with van der Waals surface area (Å²) in [5, 5.41) is 11.4. The molecule has 0 aromatic carbocycles. The monoisotopic (exact) mass is 272 g/mol. The largest absolute Gasteiger partial charge is 0.481 e. The van der Waals surface area contributed by atoms with E-state index in [1.54, 1.807) is 0 Å². The van der Waals surface area contributed by atoms with Crippen LogP contribution in [0.5, 0.6) is 0 Å². The number of hydrogen-bond acceptors (Lipinski definition) is 3. The minimum Gasteiger partial charge on any atom is -0.481 e. The SMILES string of the molecule is CCCC(CCN)CCC(=O)NCC(C)CC(=O)O. The maximum Gasteiger partial charge on any atom is 0.303 e. The smallest absolute Gasteiger partial charge is 0.303 e. The van der Waals surface area contributed by atoms with Gasteiger partial charge in [0.2, 0.25) is 5.91 Å². The van der Waals surface area contributed by atoms with Crippen molar-refractivity contribution in [2.24, 2.45) is 17.6 Å². The highest BCUT2D eigenvalue weighted by molar-refractivity contribution is 5.76. The van der Waals surface area contributed by atoms with Crippen LogP contribution in [0.25, 0.3) is 0 Å². The molecule has 0 heterocycles. The molecule has 0 radical (unpaired) electrons. The first-order valence-corrected chi connectivity index (χ1v) is 7.18. The second-order valence-corrected chi connectivity index (χ2v) is 5.28. The van der Waals surface area contributed by atoms with Gasteiger partial charge in [-0.2, -0.15) is 0 Å². The van der Waals surface area contributed by atoms with Gasteiger partial charge in [0.05, 0.1) is 0 Å². The molecule has 0 aliphatic heterocycles. The van der Waals surface area contributed by atoms with Gasteiger partial charge in [0, 0.05) is 19.4 Å². The van der Waals surface area contributed by atoms with E-state index in [0.29, 0.717) is 25.4 Å². The van der Waals surface area contributed by atoms with Crippen LogP contribution in [0.15, 0.2) is 0 Å². The summed E-state index contributed by atoms with van der Waals surface area (Å²) in [6.07, 6.45) is 4.65. The Bertz CT molecular complexity index is 263. The zero-order chi connectivity index (χ0) is 14.7. The third-order valence-corrected chi connectivity index (χ3v) is 3.22. The van der Waals surface area contributed by atoms with E-state index in [4.69, 9.17) is 10.8 Å². The molecule has 2 unspecified atom stereocenters. The molecule has 0 aromatic rings. The number of carbonyl (C=O) groups is 2. The van der Waals surface area contributed by atoms with Crippen molar-refractivity contribution in [1.29, 1.82) is 0 Å². The van der Waals surface area contributed by atoms with Gasteiger partial charge in [-0.25, -0.2) is 0 Å². The summed E-state index contributed by atoms with van der Waals surface area (Å²) in [7, 11) is 0. The molecule has 4 N–H and O–H groups in total. The van der Waals surface area contributed by atoms with E-state index >= 15 is 0 Å². The molecular weight excluding hydrogens is 244 g/mol. The Morgan fingerprint density at radius 3 is 2.47 bits per heavy atom. The molecule has 2 atom stereocenters. The van der Waals surface area contributed by atoms with E-state index in [9.17, 15) is 9.59 Å². The molecule has 0 aromatic heterocycles. The maximum absolute atomic E-state index is 11.7. The molecule has 0 saturated carbocycles. The summed E-state index contributed by atoms with van der Waals surface area (Å²) in [4.78, 5) is 22.1. The van der Waals surface area contributed by atoms with Gasteiger partial charge in [-0.15, -0.1) is 0 Å². The molecule has 112 valence electrons. The van der Waals surface area contributed by atoms with Crippen LogP contribution >= 0.6 is 0 Å². The van der Waals surface area contributed by atoms with Gasteiger partial charge in [0.25, 0.3) is 0 Å². The van der Waals surface area contributed by atoms with E-state index in [0.717, 1.165) is 25.7 Å². The van der Waals surface area contributed by atoms with Crippen LogP contribution in [0.1, 0.15) is 52.4 Å². The Kier molecular flexibility index (Phi) is 10.2. The van der Waals surface area contributed by atoms with Gasteiger partial charge in [-0.1, -0.05) is 26.7 Å². The summed E-state index contributed by atoms with van der Waals surface area (Å²) in [5.41, 5.74) is 5.55. The van der Waals surface area contributed by atoms with Crippen LogP contribution in [0.3, 0.4) is 0 Å². The van der Waals surface area contributed by atoms with Gasteiger partial charge in [-0.05, 0) is 31.2 Å². The van der Waals surface area contributed by atoms with Crippen molar-refractivity contribution in [1.82, 2.24) is 5.32 Å². The molecule has 0 spiro atoms.